The van der Waals surface area contributed by atoms with E-state index in [1.54, 1.807) is 0 Å². The Labute approximate surface area is 104 Å². The number of benzene rings is 1. The summed E-state index contributed by atoms with van der Waals surface area (Å²) < 4.78 is 0. The van der Waals surface area contributed by atoms with Crippen molar-refractivity contribution in [1.82, 2.24) is 5.32 Å². The molecule has 0 aliphatic rings. The van der Waals surface area contributed by atoms with Gasteiger partial charge in [0.2, 0.25) is 5.91 Å². The van der Waals surface area contributed by atoms with Crippen LogP contribution in [0.25, 0.3) is 0 Å². The molecule has 0 radical (unpaired) electrons. The average Bonchev–Trinajstić information content (AvgIpc) is 2.25. The maximum atomic E-state index is 11.6. The Morgan fingerprint density at radius 2 is 2.00 bits per heavy atom. The van der Waals surface area contributed by atoms with Crippen molar-refractivity contribution in [2.24, 2.45) is 5.92 Å². The van der Waals surface area contributed by atoms with E-state index < -0.39 is 0 Å². The normalized spacial score (nSPS) is 10.6. The van der Waals surface area contributed by atoms with Crippen molar-refractivity contribution in [1.29, 1.82) is 0 Å². The van der Waals surface area contributed by atoms with Gasteiger partial charge in [-0.25, -0.2) is 0 Å². The van der Waals surface area contributed by atoms with Crippen molar-refractivity contribution >= 4 is 5.91 Å². The van der Waals surface area contributed by atoms with E-state index in [9.17, 15) is 4.79 Å². The highest BCUT2D eigenvalue weighted by Crippen LogP contribution is 2.12. The van der Waals surface area contributed by atoms with Gasteiger partial charge in [0.05, 0.1) is 0 Å². The van der Waals surface area contributed by atoms with Gasteiger partial charge in [-0.05, 0) is 37.3 Å². The van der Waals surface area contributed by atoms with Gasteiger partial charge in [-0.3, -0.25) is 4.79 Å². The molecular formula is C15H23NO. The Bertz CT molecular complexity index is 383. The van der Waals surface area contributed by atoms with E-state index in [0.717, 1.165) is 13.0 Å². The molecule has 0 spiro atoms. The van der Waals surface area contributed by atoms with Gasteiger partial charge >= 0.3 is 0 Å². The van der Waals surface area contributed by atoms with Gasteiger partial charge in [0, 0.05) is 13.0 Å². The molecule has 0 saturated heterocycles. The average molecular weight is 233 g/mol. The summed E-state index contributed by atoms with van der Waals surface area (Å²) in [4.78, 5) is 11.6. The first-order valence-electron chi connectivity index (χ1n) is 6.32. The van der Waals surface area contributed by atoms with Gasteiger partial charge in [0.15, 0.2) is 0 Å². The van der Waals surface area contributed by atoms with Crippen LogP contribution in [0.2, 0.25) is 0 Å². The highest BCUT2D eigenvalue weighted by molar-refractivity contribution is 5.76. The third-order valence-electron chi connectivity index (χ3n) is 2.83. The minimum atomic E-state index is 0.152. The lowest BCUT2D eigenvalue weighted by Gasteiger charge is -2.09. The van der Waals surface area contributed by atoms with Crippen LogP contribution in [0.3, 0.4) is 0 Å². The van der Waals surface area contributed by atoms with Crippen LogP contribution < -0.4 is 5.32 Å². The van der Waals surface area contributed by atoms with E-state index in [2.05, 4.69) is 51.2 Å². The fourth-order valence-electron chi connectivity index (χ4n) is 1.78. The molecule has 1 N–H and O–H groups in total. The molecule has 0 bridgehead atoms. The highest BCUT2D eigenvalue weighted by atomic mass is 16.1. The zero-order valence-electron chi connectivity index (χ0n) is 11.3. The summed E-state index contributed by atoms with van der Waals surface area (Å²) in [6, 6.07) is 6.40. The van der Waals surface area contributed by atoms with Gasteiger partial charge in [-0.2, -0.15) is 0 Å². The molecule has 0 unspecified atom stereocenters. The number of carbonyl (C=O) groups excluding carboxylic acids is 1. The molecule has 2 nitrogen and oxygen atoms in total. The van der Waals surface area contributed by atoms with E-state index in [4.69, 9.17) is 0 Å². The minimum absolute atomic E-state index is 0.152. The standard InChI is InChI=1S/C15H23NO/c1-11(2)10-16-15(17)8-7-14-6-5-12(3)9-13(14)4/h5-6,9,11H,7-8,10H2,1-4H3,(H,16,17). The number of nitrogens with one attached hydrogen (secondary N) is 1. The first kappa shape index (κ1) is 13.8. The Morgan fingerprint density at radius 1 is 1.29 bits per heavy atom. The van der Waals surface area contributed by atoms with Crippen LogP contribution in [-0.4, -0.2) is 12.5 Å². The van der Waals surface area contributed by atoms with Gasteiger partial charge in [-0.15, -0.1) is 0 Å². The highest BCUT2D eigenvalue weighted by Gasteiger charge is 2.04. The second-order valence-corrected chi connectivity index (χ2v) is 5.13. The van der Waals surface area contributed by atoms with Crippen LogP contribution in [0.15, 0.2) is 18.2 Å². The quantitative estimate of drug-likeness (QED) is 0.832. The van der Waals surface area contributed by atoms with Gasteiger partial charge in [0.25, 0.3) is 0 Å². The van der Waals surface area contributed by atoms with E-state index in [0.29, 0.717) is 12.3 Å². The number of aryl methyl sites for hydroxylation is 3. The maximum Gasteiger partial charge on any atom is 0.220 e. The number of hydrogen-bond donors (Lipinski definition) is 1. The van der Waals surface area contributed by atoms with Crippen molar-refractivity contribution in [3.05, 3.63) is 34.9 Å². The monoisotopic (exact) mass is 233 g/mol. The summed E-state index contributed by atoms with van der Waals surface area (Å²) in [5.74, 6) is 0.665. The SMILES string of the molecule is Cc1ccc(CCC(=O)NCC(C)C)c(C)c1. The Hall–Kier alpha value is -1.31. The molecule has 17 heavy (non-hydrogen) atoms. The molecule has 1 aromatic rings. The lowest BCUT2D eigenvalue weighted by atomic mass is 10.0. The lowest BCUT2D eigenvalue weighted by Crippen LogP contribution is -2.27. The van der Waals surface area contributed by atoms with Crippen LogP contribution in [0.5, 0.6) is 0 Å². The first-order valence-corrected chi connectivity index (χ1v) is 6.32. The van der Waals surface area contributed by atoms with Gasteiger partial charge in [0.1, 0.15) is 0 Å². The number of rotatable bonds is 5. The number of hydrogen-bond acceptors (Lipinski definition) is 1. The van der Waals surface area contributed by atoms with Gasteiger partial charge in [-0.1, -0.05) is 37.6 Å². The van der Waals surface area contributed by atoms with Crippen molar-refractivity contribution in [2.75, 3.05) is 6.54 Å². The Balaban J connectivity index is 2.42. The second kappa shape index (κ2) is 6.43. The summed E-state index contributed by atoms with van der Waals surface area (Å²) in [7, 11) is 0. The van der Waals surface area contributed by atoms with Crippen LogP contribution in [-0.2, 0) is 11.2 Å². The van der Waals surface area contributed by atoms with Crippen LogP contribution in [0.4, 0.5) is 0 Å². The summed E-state index contributed by atoms with van der Waals surface area (Å²) >= 11 is 0. The fraction of sp³-hybridized carbons (Fsp3) is 0.533. The molecule has 0 heterocycles. The van der Waals surface area contributed by atoms with E-state index in [-0.39, 0.29) is 5.91 Å². The molecule has 0 atom stereocenters. The first-order chi connectivity index (χ1) is 7.99. The zero-order valence-corrected chi connectivity index (χ0v) is 11.3. The predicted molar refractivity (Wildman–Crippen MR) is 72.1 cm³/mol. The van der Waals surface area contributed by atoms with Crippen LogP contribution in [0, 0.1) is 19.8 Å². The summed E-state index contributed by atoms with van der Waals surface area (Å²) in [5.41, 5.74) is 3.83. The summed E-state index contributed by atoms with van der Waals surface area (Å²) in [6.45, 7) is 9.17. The lowest BCUT2D eigenvalue weighted by molar-refractivity contribution is -0.121. The predicted octanol–water partition coefficient (Wildman–Crippen LogP) is 3.01. The molecule has 1 rings (SSSR count). The number of amides is 1. The molecule has 94 valence electrons. The van der Waals surface area contributed by atoms with E-state index in [1.165, 1.54) is 16.7 Å². The Morgan fingerprint density at radius 3 is 2.59 bits per heavy atom. The molecule has 0 aliphatic heterocycles. The fourth-order valence-corrected chi connectivity index (χ4v) is 1.78. The summed E-state index contributed by atoms with van der Waals surface area (Å²) in [5, 5.41) is 2.94. The summed E-state index contributed by atoms with van der Waals surface area (Å²) in [6.07, 6.45) is 1.41. The number of carbonyl (C=O) groups is 1. The van der Waals surface area contributed by atoms with Crippen LogP contribution in [0.1, 0.15) is 37.0 Å². The molecule has 0 aliphatic carbocycles. The molecule has 0 aromatic heterocycles. The van der Waals surface area contributed by atoms with Crippen molar-refractivity contribution in [3.8, 4) is 0 Å². The third kappa shape index (κ3) is 5.03. The van der Waals surface area contributed by atoms with Crippen molar-refractivity contribution in [2.45, 2.75) is 40.5 Å². The Kier molecular flexibility index (Phi) is 5.20. The molecular weight excluding hydrogens is 210 g/mol. The zero-order chi connectivity index (χ0) is 12.8. The van der Waals surface area contributed by atoms with Crippen molar-refractivity contribution in [3.63, 3.8) is 0 Å². The van der Waals surface area contributed by atoms with Crippen LogP contribution >= 0.6 is 0 Å². The van der Waals surface area contributed by atoms with Gasteiger partial charge < -0.3 is 5.32 Å². The minimum Gasteiger partial charge on any atom is -0.356 e. The topological polar surface area (TPSA) is 29.1 Å². The van der Waals surface area contributed by atoms with E-state index in [1.807, 2.05) is 0 Å². The smallest absolute Gasteiger partial charge is 0.220 e. The molecule has 2 heteroatoms. The maximum absolute atomic E-state index is 11.6. The molecule has 1 amide bonds. The molecule has 1 aromatic carbocycles. The second-order valence-electron chi connectivity index (χ2n) is 5.13. The molecule has 0 saturated carbocycles. The molecule has 0 fully saturated rings. The van der Waals surface area contributed by atoms with E-state index >= 15 is 0 Å². The largest absolute Gasteiger partial charge is 0.356 e. The van der Waals surface area contributed by atoms with Crippen molar-refractivity contribution < 1.29 is 4.79 Å². The third-order valence-corrected chi connectivity index (χ3v) is 2.83.